The summed E-state index contributed by atoms with van der Waals surface area (Å²) in [6.07, 6.45) is -3.49. The number of benzene rings is 1. The summed E-state index contributed by atoms with van der Waals surface area (Å²) in [5.41, 5.74) is -0.803. The molecule has 2 heterocycles. The molecule has 3 rings (SSSR count). The van der Waals surface area contributed by atoms with Crippen LogP contribution >= 0.6 is 11.6 Å². The monoisotopic (exact) mass is 416 g/mol. The van der Waals surface area contributed by atoms with Crippen LogP contribution in [-0.4, -0.2) is 35.0 Å². The minimum Gasteiger partial charge on any atom is -0.356 e. The molecular weight excluding hydrogens is 400 g/mol. The third-order valence-corrected chi connectivity index (χ3v) is 4.76. The molecule has 0 bridgehead atoms. The molecule has 1 saturated heterocycles. The maximum atomic E-state index is 13.1. The maximum absolute atomic E-state index is 13.1. The van der Waals surface area contributed by atoms with Crippen LogP contribution in [0, 0.1) is 12.7 Å². The van der Waals surface area contributed by atoms with E-state index in [1.54, 1.807) is 4.90 Å². The highest BCUT2D eigenvalue weighted by molar-refractivity contribution is 6.33. The zero-order valence-electron chi connectivity index (χ0n) is 14.9. The van der Waals surface area contributed by atoms with Gasteiger partial charge in [0.1, 0.15) is 23.2 Å². The number of amides is 1. The predicted octanol–water partition coefficient (Wildman–Crippen LogP) is 4.00. The summed E-state index contributed by atoms with van der Waals surface area (Å²) in [5, 5.41) is 2.85. The first kappa shape index (κ1) is 20.3. The van der Waals surface area contributed by atoms with Crippen molar-refractivity contribution in [1.82, 2.24) is 15.3 Å². The second-order valence-corrected chi connectivity index (χ2v) is 6.92. The largest absolute Gasteiger partial charge is 0.433 e. The number of carbonyl (C=O) groups excluding carboxylic acids is 1. The molecule has 1 aliphatic rings. The summed E-state index contributed by atoms with van der Waals surface area (Å²) in [4.78, 5) is 21.6. The van der Waals surface area contributed by atoms with E-state index >= 15 is 0 Å². The molecule has 1 N–H and O–H groups in total. The topological polar surface area (TPSA) is 58.1 Å². The Kier molecular flexibility index (Phi) is 5.74. The van der Waals surface area contributed by atoms with Gasteiger partial charge in [-0.15, -0.1) is 0 Å². The van der Waals surface area contributed by atoms with E-state index in [-0.39, 0.29) is 28.3 Å². The predicted molar refractivity (Wildman–Crippen MR) is 95.9 cm³/mol. The number of carbonyl (C=O) groups is 1. The van der Waals surface area contributed by atoms with Crippen molar-refractivity contribution in [3.8, 4) is 0 Å². The number of hydrogen-bond acceptors (Lipinski definition) is 4. The normalized spacial score (nSPS) is 15.6. The zero-order chi connectivity index (χ0) is 20.5. The van der Waals surface area contributed by atoms with Crippen molar-refractivity contribution in [1.29, 1.82) is 0 Å². The fourth-order valence-corrected chi connectivity index (χ4v) is 3.30. The van der Waals surface area contributed by atoms with Gasteiger partial charge in [0.25, 0.3) is 5.91 Å². The minimum atomic E-state index is -4.54. The van der Waals surface area contributed by atoms with Gasteiger partial charge in [0.05, 0.1) is 10.6 Å². The van der Waals surface area contributed by atoms with Crippen LogP contribution in [0.1, 0.15) is 34.7 Å². The third kappa shape index (κ3) is 4.70. The van der Waals surface area contributed by atoms with Crippen molar-refractivity contribution < 1.29 is 22.4 Å². The Labute approximate surface area is 163 Å². The van der Waals surface area contributed by atoms with Gasteiger partial charge < -0.3 is 10.2 Å². The van der Waals surface area contributed by atoms with E-state index in [9.17, 15) is 22.4 Å². The fraction of sp³-hybridized carbons (Fsp3) is 0.389. The number of hydrogen-bond donors (Lipinski definition) is 1. The van der Waals surface area contributed by atoms with E-state index in [1.807, 2.05) is 0 Å². The Morgan fingerprint density at radius 1 is 1.21 bits per heavy atom. The lowest BCUT2D eigenvalue weighted by Gasteiger charge is -2.33. The molecule has 28 heavy (non-hydrogen) atoms. The quantitative estimate of drug-likeness (QED) is 0.768. The van der Waals surface area contributed by atoms with Crippen LogP contribution in [0.25, 0.3) is 0 Å². The zero-order valence-corrected chi connectivity index (χ0v) is 15.6. The van der Waals surface area contributed by atoms with Crippen molar-refractivity contribution in [3.63, 3.8) is 0 Å². The number of rotatable bonds is 3. The highest BCUT2D eigenvalue weighted by Crippen LogP contribution is 2.30. The number of halogens is 5. The average molecular weight is 417 g/mol. The standard InChI is InChI=1S/C18H17ClF4N4O/c1-10-24-15(18(21,22)23)9-16(25-10)27-6-4-12(5-7-27)26-17(28)13-3-2-11(20)8-14(13)19/h2-3,8-9,12H,4-7H2,1H3,(H,26,28). The van der Waals surface area contributed by atoms with E-state index in [1.165, 1.54) is 13.0 Å². The first-order valence-electron chi connectivity index (χ1n) is 8.57. The lowest BCUT2D eigenvalue weighted by molar-refractivity contribution is -0.141. The molecule has 0 radical (unpaired) electrons. The number of piperidine rings is 1. The first-order valence-corrected chi connectivity index (χ1v) is 8.95. The second kappa shape index (κ2) is 7.90. The van der Waals surface area contributed by atoms with Crippen molar-refractivity contribution in [2.24, 2.45) is 0 Å². The van der Waals surface area contributed by atoms with Gasteiger partial charge in [-0.3, -0.25) is 4.79 Å². The van der Waals surface area contributed by atoms with Crippen LogP contribution in [0.2, 0.25) is 5.02 Å². The number of nitrogens with zero attached hydrogens (tertiary/aromatic N) is 3. The Morgan fingerprint density at radius 3 is 2.50 bits per heavy atom. The number of anilines is 1. The van der Waals surface area contributed by atoms with E-state index in [0.717, 1.165) is 18.2 Å². The lowest BCUT2D eigenvalue weighted by atomic mass is 10.0. The van der Waals surface area contributed by atoms with Gasteiger partial charge in [-0.25, -0.2) is 14.4 Å². The molecule has 1 aliphatic heterocycles. The lowest BCUT2D eigenvalue weighted by Crippen LogP contribution is -2.45. The van der Waals surface area contributed by atoms with Crippen molar-refractivity contribution >= 4 is 23.3 Å². The fourth-order valence-electron chi connectivity index (χ4n) is 3.05. The minimum absolute atomic E-state index is 0.0195. The molecule has 2 aromatic rings. The van der Waals surface area contributed by atoms with E-state index in [2.05, 4.69) is 15.3 Å². The molecule has 0 spiro atoms. The van der Waals surface area contributed by atoms with Crippen molar-refractivity contribution in [3.05, 3.63) is 52.2 Å². The summed E-state index contributed by atoms with van der Waals surface area (Å²) >= 11 is 5.90. The molecule has 0 unspecified atom stereocenters. The molecule has 1 fully saturated rings. The molecule has 10 heteroatoms. The van der Waals surface area contributed by atoms with Crippen LogP contribution in [0.3, 0.4) is 0 Å². The Balaban J connectivity index is 1.63. The van der Waals surface area contributed by atoms with Gasteiger partial charge in [0.15, 0.2) is 0 Å². The van der Waals surface area contributed by atoms with E-state index in [0.29, 0.717) is 25.9 Å². The van der Waals surface area contributed by atoms with Gasteiger partial charge in [-0.05, 0) is 38.0 Å². The molecule has 1 aromatic heterocycles. The SMILES string of the molecule is Cc1nc(N2CCC(NC(=O)c3ccc(F)cc3Cl)CC2)cc(C(F)(F)F)n1. The number of aryl methyl sites for hydroxylation is 1. The Morgan fingerprint density at radius 2 is 1.89 bits per heavy atom. The average Bonchev–Trinajstić information content (AvgIpc) is 2.61. The highest BCUT2D eigenvalue weighted by atomic mass is 35.5. The summed E-state index contributed by atoms with van der Waals surface area (Å²) < 4.78 is 51.9. The summed E-state index contributed by atoms with van der Waals surface area (Å²) in [5.74, 6) is -0.689. The molecular formula is C18H17ClF4N4O. The third-order valence-electron chi connectivity index (χ3n) is 4.44. The molecule has 5 nitrogen and oxygen atoms in total. The highest BCUT2D eigenvalue weighted by Gasteiger charge is 2.34. The summed E-state index contributed by atoms with van der Waals surface area (Å²) in [6, 6.07) is 4.29. The molecule has 1 amide bonds. The van der Waals surface area contributed by atoms with Gasteiger partial charge in [0, 0.05) is 25.2 Å². The number of alkyl halides is 3. The van der Waals surface area contributed by atoms with Gasteiger partial charge in [-0.2, -0.15) is 13.2 Å². The van der Waals surface area contributed by atoms with Gasteiger partial charge >= 0.3 is 6.18 Å². The van der Waals surface area contributed by atoms with Crippen LogP contribution in [-0.2, 0) is 6.18 Å². The first-order chi connectivity index (χ1) is 13.1. The molecule has 1 aromatic carbocycles. The van der Waals surface area contributed by atoms with Crippen molar-refractivity contribution in [2.45, 2.75) is 32.0 Å². The van der Waals surface area contributed by atoms with Crippen molar-refractivity contribution in [2.75, 3.05) is 18.0 Å². The Hall–Kier alpha value is -2.42. The van der Waals surface area contributed by atoms with Gasteiger partial charge in [0.2, 0.25) is 0 Å². The summed E-state index contributed by atoms with van der Waals surface area (Å²) in [7, 11) is 0. The van der Waals surface area contributed by atoms with Gasteiger partial charge in [-0.1, -0.05) is 11.6 Å². The number of aromatic nitrogens is 2. The molecule has 150 valence electrons. The second-order valence-electron chi connectivity index (χ2n) is 6.52. The van der Waals surface area contributed by atoms with E-state index < -0.39 is 23.6 Å². The maximum Gasteiger partial charge on any atom is 0.433 e. The van der Waals surface area contributed by atoms with Crippen LogP contribution in [0.4, 0.5) is 23.4 Å². The smallest absolute Gasteiger partial charge is 0.356 e. The van der Waals surface area contributed by atoms with E-state index in [4.69, 9.17) is 11.6 Å². The molecule has 0 atom stereocenters. The molecule has 0 saturated carbocycles. The van der Waals surface area contributed by atoms with Crippen LogP contribution < -0.4 is 10.2 Å². The van der Waals surface area contributed by atoms with Crippen LogP contribution in [0.5, 0.6) is 0 Å². The van der Waals surface area contributed by atoms with Crippen LogP contribution in [0.15, 0.2) is 24.3 Å². The molecule has 0 aliphatic carbocycles. The summed E-state index contributed by atoms with van der Waals surface area (Å²) in [6.45, 7) is 2.27. The number of nitrogens with one attached hydrogen (secondary N) is 1. The Bertz CT molecular complexity index is 882.